The summed E-state index contributed by atoms with van der Waals surface area (Å²) in [5.74, 6) is -2.98. The number of ether oxygens (including phenoxy) is 2. The molecule has 2 aromatic rings. The molecule has 0 saturated heterocycles. The molecule has 2 amide bonds. The van der Waals surface area contributed by atoms with Crippen LogP contribution in [0.15, 0.2) is 41.3 Å². The highest BCUT2D eigenvalue weighted by Crippen LogP contribution is 2.41. The molecule has 0 saturated carbocycles. The van der Waals surface area contributed by atoms with Gasteiger partial charge in [0, 0.05) is 24.6 Å². The first kappa shape index (κ1) is 30.9. The molecular formula is C25H28F5N3O6S. The van der Waals surface area contributed by atoms with Crippen molar-refractivity contribution in [2.24, 2.45) is 0 Å². The molecule has 1 aliphatic heterocycles. The van der Waals surface area contributed by atoms with Gasteiger partial charge in [0.2, 0.25) is 11.5 Å². The quantitative estimate of drug-likeness (QED) is 0.431. The summed E-state index contributed by atoms with van der Waals surface area (Å²) < 4.78 is 105. The second-order valence-electron chi connectivity index (χ2n) is 10.3. The van der Waals surface area contributed by atoms with E-state index < -0.39 is 56.1 Å². The monoisotopic (exact) mass is 593 g/mol. The minimum Gasteiger partial charge on any atom is -0.486 e. The number of benzene rings is 2. The second kappa shape index (κ2) is 10.7. The van der Waals surface area contributed by atoms with E-state index in [9.17, 15) is 40.0 Å². The highest BCUT2D eigenvalue weighted by atomic mass is 32.2. The molecule has 40 heavy (non-hydrogen) atoms. The normalized spacial score (nSPS) is 16.1. The molecule has 1 heterocycles. The number of carbonyl (C=O) groups excluding carboxylic acids is 2. The van der Waals surface area contributed by atoms with Gasteiger partial charge in [0.1, 0.15) is 11.9 Å². The van der Waals surface area contributed by atoms with E-state index in [2.05, 4.69) is 15.4 Å². The maximum Gasteiger partial charge on any atom is 0.427 e. The lowest BCUT2D eigenvalue weighted by molar-refractivity contribution is -0.242. The van der Waals surface area contributed by atoms with Gasteiger partial charge in [-0.25, -0.2) is 22.0 Å². The average molecular weight is 594 g/mol. The summed E-state index contributed by atoms with van der Waals surface area (Å²) in [5, 5.41) is 4.85. The van der Waals surface area contributed by atoms with Crippen molar-refractivity contribution in [3.8, 4) is 5.75 Å². The van der Waals surface area contributed by atoms with Crippen LogP contribution in [-0.2, 0) is 19.6 Å². The summed E-state index contributed by atoms with van der Waals surface area (Å²) in [6, 6.07) is 5.70. The molecule has 1 aliphatic rings. The highest BCUT2D eigenvalue weighted by molar-refractivity contribution is 7.92. The van der Waals surface area contributed by atoms with Gasteiger partial charge in [-0.1, -0.05) is 0 Å². The minimum atomic E-state index is -4.86. The van der Waals surface area contributed by atoms with Crippen molar-refractivity contribution in [2.45, 2.75) is 69.4 Å². The van der Waals surface area contributed by atoms with Crippen LogP contribution in [0.4, 0.5) is 38.1 Å². The van der Waals surface area contributed by atoms with E-state index >= 15 is 0 Å². The number of nitrogens with zero attached hydrogens (tertiary/aromatic N) is 1. The molecule has 0 bridgehead atoms. The van der Waals surface area contributed by atoms with E-state index in [0.717, 1.165) is 16.4 Å². The average Bonchev–Trinajstić information content (AvgIpc) is 2.78. The van der Waals surface area contributed by atoms with Crippen LogP contribution in [0.2, 0.25) is 0 Å². The fourth-order valence-corrected chi connectivity index (χ4v) is 5.53. The van der Waals surface area contributed by atoms with Crippen molar-refractivity contribution >= 4 is 33.4 Å². The zero-order valence-corrected chi connectivity index (χ0v) is 23.0. The van der Waals surface area contributed by atoms with Crippen LogP contribution in [0.1, 0.15) is 41.0 Å². The number of carbonyl (C=O) groups is 2. The van der Waals surface area contributed by atoms with Gasteiger partial charge in [-0.15, -0.1) is 0 Å². The SMILES string of the molecule is CC(=O)NC(C)(C)C[C@H]1CN(S(=O)(=O)c2ccc(F)c(F)c2)c2cc(NC(=O)OC(C)(C)C(F)(F)F)ccc2O1. The van der Waals surface area contributed by atoms with E-state index in [-0.39, 0.29) is 36.0 Å². The first-order valence-electron chi connectivity index (χ1n) is 11.9. The van der Waals surface area contributed by atoms with Gasteiger partial charge in [-0.2, -0.15) is 13.2 Å². The molecule has 1 atom stereocenters. The van der Waals surface area contributed by atoms with Gasteiger partial charge in [0.25, 0.3) is 10.0 Å². The van der Waals surface area contributed by atoms with Crippen LogP contribution in [0.25, 0.3) is 0 Å². The zero-order valence-electron chi connectivity index (χ0n) is 22.2. The number of halogens is 5. The first-order chi connectivity index (χ1) is 18.2. The van der Waals surface area contributed by atoms with Gasteiger partial charge < -0.3 is 14.8 Å². The number of rotatable bonds is 7. The molecule has 0 unspecified atom stereocenters. The van der Waals surface area contributed by atoms with Crippen LogP contribution >= 0.6 is 0 Å². The van der Waals surface area contributed by atoms with Crippen molar-refractivity contribution in [1.29, 1.82) is 0 Å². The summed E-state index contributed by atoms with van der Waals surface area (Å²) in [5.41, 5.74) is -3.91. The number of hydrogen-bond donors (Lipinski definition) is 2. The maximum atomic E-state index is 14.0. The summed E-state index contributed by atoms with van der Waals surface area (Å²) in [7, 11) is -4.55. The molecule has 0 spiro atoms. The molecule has 9 nitrogen and oxygen atoms in total. The number of anilines is 2. The van der Waals surface area contributed by atoms with Crippen molar-refractivity contribution < 1.29 is 49.4 Å². The van der Waals surface area contributed by atoms with Gasteiger partial charge in [-0.3, -0.25) is 14.4 Å². The van der Waals surface area contributed by atoms with Gasteiger partial charge in [0.05, 0.1) is 17.1 Å². The Bertz CT molecular complexity index is 1410. The van der Waals surface area contributed by atoms with Crippen LogP contribution in [-0.4, -0.2) is 50.4 Å². The Morgan fingerprint density at radius 1 is 1.05 bits per heavy atom. The molecule has 0 aromatic heterocycles. The molecule has 220 valence electrons. The van der Waals surface area contributed by atoms with Crippen LogP contribution in [0.3, 0.4) is 0 Å². The summed E-state index contributed by atoms with van der Waals surface area (Å²) in [6.45, 7) is 5.68. The topological polar surface area (TPSA) is 114 Å². The smallest absolute Gasteiger partial charge is 0.427 e. The van der Waals surface area contributed by atoms with Gasteiger partial charge in [0.15, 0.2) is 11.6 Å². The predicted molar refractivity (Wildman–Crippen MR) is 134 cm³/mol. The lowest BCUT2D eigenvalue weighted by Crippen LogP contribution is -2.50. The Morgan fingerprint density at radius 2 is 1.70 bits per heavy atom. The van der Waals surface area contributed by atoms with Crippen molar-refractivity contribution in [3.05, 3.63) is 48.0 Å². The fourth-order valence-electron chi connectivity index (χ4n) is 4.02. The maximum absolute atomic E-state index is 14.0. The predicted octanol–water partition coefficient (Wildman–Crippen LogP) is 5.12. The Morgan fingerprint density at radius 3 is 2.27 bits per heavy atom. The summed E-state index contributed by atoms with van der Waals surface area (Å²) in [6.07, 6.45) is -7.01. The Labute approximate surface area is 227 Å². The lowest BCUT2D eigenvalue weighted by atomic mass is 9.95. The van der Waals surface area contributed by atoms with E-state index in [4.69, 9.17) is 4.74 Å². The van der Waals surface area contributed by atoms with E-state index in [1.807, 2.05) is 0 Å². The molecular weight excluding hydrogens is 565 g/mol. The molecule has 0 radical (unpaired) electrons. The summed E-state index contributed by atoms with van der Waals surface area (Å²) >= 11 is 0. The highest BCUT2D eigenvalue weighted by Gasteiger charge is 2.51. The molecule has 15 heteroatoms. The molecule has 2 aromatic carbocycles. The number of nitrogens with one attached hydrogen (secondary N) is 2. The van der Waals surface area contributed by atoms with Gasteiger partial charge in [-0.05, 0) is 64.1 Å². The van der Waals surface area contributed by atoms with Crippen LogP contribution < -0.4 is 19.7 Å². The third kappa shape index (κ3) is 6.92. The molecule has 3 rings (SSSR count). The van der Waals surface area contributed by atoms with E-state index in [0.29, 0.717) is 26.0 Å². The number of fused-ring (bicyclic) bond motifs is 1. The molecule has 0 aliphatic carbocycles. The summed E-state index contributed by atoms with van der Waals surface area (Å²) in [4.78, 5) is 23.2. The van der Waals surface area contributed by atoms with E-state index in [1.165, 1.54) is 19.1 Å². The standard InChI is InChI=1S/C25H28F5N3O6S/c1-14(34)32-23(2,3)12-16-13-33(40(36,37)17-7-8-18(26)19(27)11-17)20-10-15(6-9-21(20)38-16)31-22(35)39-24(4,5)25(28,29)30/h6-11,16H,12-13H2,1-5H3,(H,31,35)(H,32,34)/t16-/m0/s1. The third-order valence-corrected chi connectivity index (χ3v) is 7.67. The first-order valence-corrected chi connectivity index (χ1v) is 13.3. The zero-order chi connectivity index (χ0) is 30.3. The van der Waals surface area contributed by atoms with Gasteiger partial charge >= 0.3 is 12.3 Å². The third-order valence-electron chi connectivity index (χ3n) is 5.90. The van der Waals surface area contributed by atoms with Crippen LogP contribution in [0, 0.1) is 11.6 Å². The lowest BCUT2D eigenvalue weighted by Gasteiger charge is -2.39. The Hall–Kier alpha value is -3.62. The Balaban J connectivity index is 2.00. The number of amides is 2. The number of alkyl halides is 3. The second-order valence-corrected chi connectivity index (χ2v) is 12.2. The van der Waals surface area contributed by atoms with E-state index in [1.54, 1.807) is 13.8 Å². The Kier molecular flexibility index (Phi) is 8.31. The fraction of sp³-hybridized carbons (Fsp3) is 0.440. The van der Waals surface area contributed by atoms with Crippen molar-refractivity contribution in [1.82, 2.24) is 5.32 Å². The van der Waals surface area contributed by atoms with Crippen molar-refractivity contribution in [3.63, 3.8) is 0 Å². The largest absolute Gasteiger partial charge is 0.486 e. The molecule has 0 fully saturated rings. The van der Waals surface area contributed by atoms with Crippen LogP contribution in [0.5, 0.6) is 5.75 Å². The van der Waals surface area contributed by atoms with Crippen molar-refractivity contribution in [2.75, 3.05) is 16.2 Å². The minimum absolute atomic E-state index is 0.00979. The number of sulfonamides is 1. The molecule has 2 N–H and O–H groups in total. The number of hydrogen-bond acceptors (Lipinski definition) is 6.